The van der Waals surface area contributed by atoms with Crippen molar-refractivity contribution in [3.8, 4) is 11.4 Å². The van der Waals surface area contributed by atoms with E-state index in [1.165, 1.54) is 0 Å². The van der Waals surface area contributed by atoms with Gasteiger partial charge < -0.3 is 9.64 Å². The maximum absolute atomic E-state index is 13.8. The summed E-state index contributed by atoms with van der Waals surface area (Å²) in [6, 6.07) is 5.96. The Morgan fingerprint density at radius 2 is 2.00 bits per heavy atom. The minimum atomic E-state index is -0.940. The number of halogens is 1. The number of rotatable bonds is 3. The molecule has 6 nitrogen and oxygen atoms in total. The summed E-state index contributed by atoms with van der Waals surface area (Å²) < 4.78 is 21.3. The maximum Gasteiger partial charge on any atom is 0.147 e. The average molecular weight is 391 g/mol. The fourth-order valence-corrected chi connectivity index (χ4v) is 3.94. The molecule has 7 heteroatoms. The summed E-state index contributed by atoms with van der Waals surface area (Å²) in [5.41, 5.74) is 4.50. The molecule has 1 aliphatic heterocycles. The Morgan fingerprint density at radius 3 is 2.76 bits per heavy atom. The van der Waals surface area contributed by atoms with Gasteiger partial charge in [-0.15, -0.1) is 0 Å². The van der Waals surface area contributed by atoms with E-state index in [0.717, 1.165) is 65.8 Å². The van der Waals surface area contributed by atoms with E-state index >= 15 is 0 Å². The number of fused-ring (bicyclic) bond motifs is 1. The van der Waals surface area contributed by atoms with Gasteiger partial charge in [0.2, 0.25) is 0 Å². The molecule has 5 rings (SSSR count). The SMILES string of the molecule is CC1=CC(F)CC=C1n1c(-c2ccc(N3CCOCC3)nc2)nc2ccncc21. The van der Waals surface area contributed by atoms with E-state index in [1.54, 1.807) is 18.5 Å². The van der Waals surface area contributed by atoms with Crippen LogP contribution in [0, 0.1) is 0 Å². The molecule has 3 aromatic rings. The highest BCUT2D eigenvalue weighted by molar-refractivity contribution is 5.87. The molecule has 1 aliphatic carbocycles. The number of allylic oxidation sites excluding steroid dienone is 4. The first-order valence-electron chi connectivity index (χ1n) is 9.86. The molecule has 0 aromatic carbocycles. The minimum absolute atomic E-state index is 0.361. The van der Waals surface area contributed by atoms with Crippen molar-refractivity contribution in [3.05, 3.63) is 54.5 Å². The number of hydrogen-bond donors (Lipinski definition) is 0. The Morgan fingerprint density at radius 1 is 1.14 bits per heavy atom. The molecule has 1 fully saturated rings. The van der Waals surface area contributed by atoms with Crippen molar-refractivity contribution in [1.29, 1.82) is 0 Å². The fourth-order valence-electron chi connectivity index (χ4n) is 3.94. The van der Waals surface area contributed by atoms with Gasteiger partial charge in [-0.2, -0.15) is 0 Å². The van der Waals surface area contributed by atoms with Crippen LogP contribution in [0.1, 0.15) is 13.3 Å². The zero-order valence-electron chi connectivity index (χ0n) is 16.3. The fraction of sp³-hybridized carbons (Fsp3) is 0.318. The van der Waals surface area contributed by atoms with E-state index in [1.807, 2.05) is 37.4 Å². The van der Waals surface area contributed by atoms with Crippen molar-refractivity contribution in [2.45, 2.75) is 19.5 Å². The average Bonchev–Trinajstić information content (AvgIpc) is 3.14. The molecule has 0 bridgehead atoms. The zero-order valence-corrected chi connectivity index (χ0v) is 16.3. The van der Waals surface area contributed by atoms with Crippen LogP contribution in [0.5, 0.6) is 0 Å². The number of nitrogens with zero attached hydrogens (tertiary/aromatic N) is 5. The Bertz CT molecular complexity index is 1100. The van der Waals surface area contributed by atoms with Gasteiger partial charge in [-0.25, -0.2) is 14.4 Å². The molecule has 29 heavy (non-hydrogen) atoms. The monoisotopic (exact) mass is 391 g/mol. The first kappa shape index (κ1) is 18.0. The van der Waals surface area contributed by atoms with Gasteiger partial charge in [-0.05, 0) is 36.8 Å². The summed E-state index contributed by atoms with van der Waals surface area (Å²) >= 11 is 0. The van der Waals surface area contributed by atoms with Gasteiger partial charge in [-0.1, -0.05) is 6.08 Å². The lowest BCUT2D eigenvalue weighted by atomic mass is 10.0. The van der Waals surface area contributed by atoms with E-state index in [0.29, 0.717) is 6.42 Å². The highest BCUT2D eigenvalue weighted by atomic mass is 19.1. The predicted octanol–water partition coefficient (Wildman–Crippen LogP) is 3.86. The van der Waals surface area contributed by atoms with Crippen LogP contribution in [0.25, 0.3) is 28.1 Å². The van der Waals surface area contributed by atoms with E-state index in [2.05, 4.69) is 19.4 Å². The highest BCUT2D eigenvalue weighted by Gasteiger charge is 2.21. The van der Waals surface area contributed by atoms with E-state index in [9.17, 15) is 4.39 Å². The van der Waals surface area contributed by atoms with Gasteiger partial charge >= 0.3 is 0 Å². The summed E-state index contributed by atoms with van der Waals surface area (Å²) in [4.78, 5) is 16.0. The molecule has 1 unspecified atom stereocenters. The topological polar surface area (TPSA) is 56.1 Å². The summed E-state index contributed by atoms with van der Waals surface area (Å²) in [5.74, 6) is 1.72. The van der Waals surface area contributed by atoms with Crippen LogP contribution in [-0.2, 0) is 4.74 Å². The molecule has 0 amide bonds. The van der Waals surface area contributed by atoms with Crippen LogP contribution in [0.15, 0.2) is 54.5 Å². The Kier molecular flexibility index (Phi) is 4.60. The summed E-state index contributed by atoms with van der Waals surface area (Å²) in [5, 5.41) is 0. The largest absolute Gasteiger partial charge is 0.378 e. The molecule has 4 heterocycles. The Hall–Kier alpha value is -3.06. The van der Waals surface area contributed by atoms with Crippen molar-refractivity contribution >= 4 is 22.5 Å². The molecular weight excluding hydrogens is 369 g/mol. The molecule has 148 valence electrons. The molecule has 1 atom stereocenters. The van der Waals surface area contributed by atoms with Gasteiger partial charge in [0.25, 0.3) is 0 Å². The Labute approximate surface area is 168 Å². The lowest BCUT2D eigenvalue weighted by Gasteiger charge is -2.27. The number of aromatic nitrogens is 4. The second-order valence-corrected chi connectivity index (χ2v) is 7.33. The van der Waals surface area contributed by atoms with Gasteiger partial charge in [0.15, 0.2) is 0 Å². The smallest absolute Gasteiger partial charge is 0.147 e. The van der Waals surface area contributed by atoms with E-state index in [-0.39, 0.29) is 0 Å². The van der Waals surface area contributed by atoms with Crippen LogP contribution >= 0.6 is 0 Å². The quantitative estimate of drug-likeness (QED) is 0.679. The molecule has 3 aromatic heterocycles. The van der Waals surface area contributed by atoms with Gasteiger partial charge in [-0.3, -0.25) is 9.55 Å². The zero-order chi connectivity index (χ0) is 19.8. The molecular formula is C22H22FN5O. The van der Waals surface area contributed by atoms with Gasteiger partial charge in [0.05, 0.1) is 30.4 Å². The van der Waals surface area contributed by atoms with Crippen molar-refractivity contribution in [2.75, 3.05) is 31.2 Å². The second-order valence-electron chi connectivity index (χ2n) is 7.33. The normalized spacial score (nSPS) is 19.9. The number of anilines is 1. The molecule has 1 saturated heterocycles. The first-order chi connectivity index (χ1) is 14.2. The molecule has 0 N–H and O–H groups in total. The maximum atomic E-state index is 13.8. The lowest BCUT2D eigenvalue weighted by molar-refractivity contribution is 0.122. The summed E-state index contributed by atoms with van der Waals surface area (Å²) in [6.45, 7) is 5.07. The highest BCUT2D eigenvalue weighted by Crippen LogP contribution is 2.33. The number of morpholine rings is 1. The predicted molar refractivity (Wildman–Crippen MR) is 111 cm³/mol. The Balaban J connectivity index is 1.59. The molecule has 0 spiro atoms. The number of hydrogen-bond acceptors (Lipinski definition) is 5. The first-order valence-corrected chi connectivity index (χ1v) is 9.86. The van der Waals surface area contributed by atoms with Gasteiger partial charge in [0, 0.05) is 43.2 Å². The number of ether oxygens (including phenoxy) is 1. The standard InChI is InChI=1S/C22H22FN5O/c1-15-12-17(23)3-4-19(15)28-20-14-24-7-6-18(20)26-22(28)16-2-5-21(25-13-16)27-8-10-29-11-9-27/h2,4-7,12-14,17H,3,8-11H2,1H3. The lowest BCUT2D eigenvalue weighted by Crippen LogP contribution is -2.36. The van der Waals surface area contributed by atoms with E-state index < -0.39 is 6.17 Å². The van der Waals surface area contributed by atoms with Crippen molar-refractivity contribution in [1.82, 2.24) is 19.5 Å². The van der Waals surface area contributed by atoms with Crippen molar-refractivity contribution in [3.63, 3.8) is 0 Å². The van der Waals surface area contributed by atoms with Crippen LogP contribution in [0.3, 0.4) is 0 Å². The summed E-state index contributed by atoms with van der Waals surface area (Å²) in [6.07, 6.45) is 8.42. The van der Waals surface area contributed by atoms with Gasteiger partial charge in [0.1, 0.15) is 17.8 Å². The third-order valence-corrected chi connectivity index (χ3v) is 5.41. The molecule has 0 saturated carbocycles. The number of alkyl halides is 1. The number of pyridine rings is 2. The van der Waals surface area contributed by atoms with Crippen molar-refractivity contribution in [2.24, 2.45) is 0 Å². The van der Waals surface area contributed by atoms with Crippen LogP contribution in [0.2, 0.25) is 0 Å². The summed E-state index contributed by atoms with van der Waals surface area (Å²) in [7, 11) is 0. The van der Waals surface area contributed by atoms with Crippen LogP contribution in [-0.4, -0.2) is 52.0 Å². The minimum Gasteiger partial charge on any atom is -0.378 e. The second kappa shape index (κ2) is 7.40. The van der Waals surface area contributed by atoms with Crippen LogP contribution in [0.4, 0.5) is 10.2 Å². The molecule has 2 aliphatic rings. The van der Waals surface area contributed by atoms with E-state index in [4.69, 9.17) is 9.72 Å². The molecule has 0 radical (unpaired) electrons. The third kappa shape index (κ3) is 3.31. The van der Waals surface area contributed by atoms with Crippen molar-refractivity contribution < 1.29 is 9.13 Å². The third-order valence-electron chi connectivity index (χ3n) is 5.41. The number of imidazole rings is 1. The van der Waals surface area contributed by atoms with Crippen LogP contribution < -0.4 is 4.90 Å².